The van der Waals surface area contributed by atoms with Gasteiger partial charge in [0.1, 0.15) is 10.3 Å². The second kappa shape index (κ2) is 14.5. The minimum absolute atomic E-state index is 0.178. The molecule has 0 saturated carbocycles. The van der Waals surface area contributed by atoms with Crippen LogP contribution in [-0.2, 0) is 6.42 Å². The van der Waals surface area contributed by atoms with E-state index in [0.717, 1.165) is 23.5 Å². The Kier molecular flexibility index (Phi) is 12.1. The summed E-state index contributed by atoms with van der Waals surface area (Å²) in [5, 5.41) is 27.2. The molecule has 1 unspecified atom stereocenters. The molecule has 1 atom stereocenters. The maximum atomic E-state index is 10.6. The van der Waals surface area contributed by atoms with Crippen LogP contribution in [-0.4, -0.2) is 33.9 Å². The molecule has 2 heterocycles. The van der Waals surface area contributed by atoms with E-state index in [1.165, 1.54) is 0 Å². The summed E-state index contributed by atoms with van der Waals surface area (Å²) in [6, 6.07) is 6.89. The molecule has 0 bridgehead atoms. The fourth-order valence-corrected chi connectivity index (χ4v) is 2.93. The molecule has 176 valence electrons. The molecular weight excluding hydrogens is 471 g/mol. The molecule has 10 nitrogen and oxygen atoms in total. The van der Waals surface area contributed by atoms with E-state index in [1.54, 1.807) is 56.8 Å². The summed E-state index contributed by atoms with van der Waals surface area (Å²) in [5.74, 6) is -0.178. The Hall–Kier alpha value is -3.50. The highest BCUT2D eigenvalue weighted by molar-refractivity contribution is 6.29. The number of nitrogens with zero attached hydrogens (tertiary/aromatic N) is 4. The van der Waals surface area contributed by atoms with Gasteiger partial charge in [0.15, 0.2) is 0 Å². The van der Waals surface area contributed by atoms with Crippen LogP contribution in [0.4, 0.5) is 0 Å². The molecule has 0 aliphatic carbocycles. The van der Waals surface area contributed by atoms with Gasteiger partial charge in [-0.25, -0.2) is 9.97 Å². The average molecular weight is 495 g/mol. The van der Waals surface area contributed by atoms with Crippen molar-refractivity contribution >= 4 is 23.2 Å². The quantitative estimate of drug-likeness (QED) is 0.215. The molecule has 0 spiro atoms. The second-order valence-corrected chi connectivity index (χ2v) is 7.24. The summed E-state index contributed by atoms with van der Waals surface area (Å²) in [4.78, 5) is 27.8. The number of pyridine rings is 2. The Morgan fingerprint density at radius 2 is 1.64 bits per heavy atom. The van der Waals surface area contributed by atoms with Gasteiger partial charge < -0.3 is 10.6 Å². The van der Waals surface area contributed by atoms with Gasteiger partial charge in [-0.15, -0.1) is 6.58 Å². The van der Waals surface area contributed by atoms with E-state index in [9.17, 15) is 20.2 Å². The average Bonchev–Trinajstić information content (AvgIpc) is 2.78. The highest BCUT2D eigenvalue weighted by Gasteiger charge is 2.18. The number of halogens is 2. The lowest BCUT2D eigenvalue weighted by Gasteiger charge is -2.17. The number of rotatable bonds is 10. The van der Waals surface area contributed by atoms with Crippen molar-refractivity contribution < 1.29 is 9.85 Å². The molecule has 2 aromatic heterocycles. The number of nitro groups is 2. The van der Waals surface area contributed by atoms with Crippen LogP contribution in [0.15, 0.2) is 73.1 Å². The largest absolute Gasteiger partial charge is 0.386 e. The van der Waals surface area contributed by atoms with Gasteiger partial charge in [-0.2, -0.15) is 0 Å². The summed E-state index contributed by atoms with van der Waals surface area (Å²) >= 11 is 11.3. The first-order chi connectivity index (χ1) is 15.7. The lowest BCUT2D eigenvalue weighted by Crippen LogP contribution is -2.16. The Bertz CT molecular complexity index is 995. The molecule has 0 aliphatic heterocycles. The molecule has 0 aromatic carbocycles. The molecule has 0 amide bonds. The standard InChI is InChI=1S/C12H14ClN3O2.C9H10ClN3O2/c1-3-4-10(11(14-2)8-16(17)18)9-5-6-12(13)15-7-9;1-11-8(6-13(14)15)4-7-2-3-9(10)12-5-7/h3,5-8,10,14H,1,4H2,2H3;2-3,5-6,11H,4H2,1H3/b11-8-;8-6-. The zero-order valence-corrected chi connectivity index (χ0v) is 19.6. The first kappa shape index (κ1) is 27.5. The minimum atomic E-state index is -0.491. The summed E-state index contributed by atoms with van der Waals surface area (Å²) in [7, 11) is 3.29. The van der Waals surface area contributed by atoms with Crippen molar-refractivity contribution in [2.24, 2.45) is 0 Å². The third-order valence-corrected chi connectivity index (χ3v) is 4.68. The summed E-state index contributed by atoms with van der Waals surface area (Å²) < 4.78 is 0. The van der Waals surface area contributed by atoms with Crippen LogP contribution in [0.1, 0.15) is 23.5 Å². The van der Waals surface area contributed by atoms with Crippen LogP contribution in [0.3, 0.4) is 0 Å². The fraction of sp³-hybridized carbons (Fsp3) is 0.238. The van der Waals surface area contributed by atoms with Crippen LogP contribution in [0.25, 0.3) is 0 Å². The van der Waals surface area contributed by atoms with Gasteiger partial charge in [0.05, 0.1) is 21.2 Å². The van der Waals surface area contributed by atoms with Crippen molar-refractivity contribution in [3.8, 4) is 0 Å². The summed E-state index contributed by atoms with van der Waals surface area (Å²) in [6.45, 7) is 3.67. The second-order valence-electron chi connectivity index (χ2n) is 6.47. The predicted molar refractivity (Wildman–Crippen MR) is 128 cm³/mol. The number of allylic oxidation sites excluding steroid dienone is 3. The molecule has 33 heavy (non-hydrogen) atoms. The van der Waals surface area contributed by atoms with Crippen molar-refractivity contribution in [1.82, 2.24) is 20.6 Å². The van der Waals surface area contributed by atoms with E-state index >= 15 is 0 Å². The van der Waals surface area contributed by atoms with E-state index in [1.807, 2.05) is 0 Å². The number of hydrogen-bond acceptors (Lipinski definition) is 8. The van der Waals surface area contributed by atoms with Crippen LogP contribution < -0.4 is 10.6 Å². The van der Waals surface area contributed by atoms with E-state index < -0.39 is 9.85 Å². The zero-order valence-electron chi connectivity index (χ0n) is 18.1. The highest BCUT2D eigenvalue weighted by Crippen LogP contribution is 2.26. The molecule has 2 aromatic rings. The lowest BCUT2D eigenvalue weighted by molar-refractivity contribution is -0.404. The lowest BCUT2D eigenvalue weighted by atomic mass is 9.94. The number of nitrogens with one attached hydrogen (secondary N) is 2. The van der Waals surface area contributed by atoms with Crippen LogP contribution >= 0.6 is 23.2 Å². The molecule has 2 rings (SSSR count). The van der Waals surface area contributed by atoms with E-state index in [-0.39, 0.29) is 5.92 Å². The topological polar surface area (TPSA) is 136 Å². The Balaban J connectivity index is 0.000000335. The smallest absolute Gasteiger partial charge is 0.253 e. The normalized spacial score (nSPS) is 12.1. The van der Waals surface area contributed by atoms with Crippen LogP contribution in [0.2, 0.25) is 10.3 Å². The Labute approximate surface area is 201 Å². The monoisotopic (exact) mass is 494 g/mol. The van der Waals surface area contributed by atoms with Gasteiger partial charge in [0.2, 0.25) is 0 Å². The van der Waals surface area contributed by atoms with Crippen molar-refractivity contribution in [1.29, 1.82) is 0 Å². The maximum absolute atomic E-state index is 10.6. The molecular formula is C21H24Cl2N6O4. The summed E-state index contributed by atoms with van der Waals surface area (Å²) in [5.41, 5.74) is 2.73. The minimum Gasteiger partial charge on any atom is -0.386 e. The number of likely N-dealkylation sites (N-methyl/N-ethyl adjacent to an activating group) is 2. The molecule has 0 aliphatic rings. The predicted octanol–water partition coefficient (Wildman–Crippen LogP) is 4.35. The van der Waals surface area contributed by atoms with E-state index in [0.29, 0.717) is 34.5 Å². The van der Waals surface area contributed by atoms with Gasteiger partial charge in [-0.05, 0) is 29.7 Å². The van der Waals surface area contributed by atoms with Crippen molar-refractivity contribution in [2.75, 3.05) is 14.1 Å². The summed E-state index contributed by atoms with van der Waals surface area (Å²) in [6.07, 6.45) is 7.82. The zero-order chi connectivity index (χ0) is 24.8. The fourth-order valence-electron chi connectivity index (χ4n) is 2.70. The van der Waals surface area contributed by atoms with Gasteiger partial charge in [-0.3, -0.25) is 20.2 Å². The Morgan fingerprint density at radius 1 is 1.03 bits per heavy atom. The Morgan fingerprint density at radius 3 is 2.06 bits per heavy atom. The van der Waals surface area contributed by atoms with Crippen molar-refractivity contribution in [2.45, 2.75) is 18.8 Å². The first-order valence-corrected chi connectivity index (χ1v) is 10.3. The number of hydrogen-bond donors (Lipinski definition) is 2. The first-order valence-electron chi connectivity index (χ1n) is 9.57. The van der Waals surface area contributed by atoms with Crippen LogP contribution in [0.5, 0.6) is 0 Å². The maximum Gasteiger partial charge on any atom is 0.253 e. The third-order valence-electron chi connectivity index (χ3n) is 4.23. The van der Waals surface area contributed by atoms with E-state index in [2.05, 4.69) is 27.2 Å². The van der Waals surface area contributed by atoms with Gasteiger partial charge in [0, 0.05) is 38.8 Å². The van der Waals surface area contributed by atoms with Crippen molar-refractivity contribution in [3.05, 3.63) is 115 Å². The highest BCUT2D eigenvalue weighted by atomic mass is 35.5. The van der Waals surface area contributed by atoms with Gasteiger partial charge in [-0.1, -0.05) is 41.4 Å². The third kappa shape index (κ3) is 10.6. The molecule has 0 fully saturated rings. The van der Waals surface area contributed by atoms with Gasteiger partial charge in [0.25, 0.3) is 12.4 Å². The molecule has 2 N–H and O–H groups in total. The number of aromatic nitrogens is 2. The molecule has 0 radical (unpaired) electrons. The van der Waals surface area contributed by atoms with E-state index in [4.69, 9.17) is 23.2 Å². The van der Waals surface area contributed by atoms with Crippen molar-refractivity contribution in [3.63, 3.8) is 0 Å². The SMILES string of the molecule is C=CCC(/C(=C/[N+](=O)[O-])NC)c1ccc(Cl)nc1.CN/C(=C\[N+](=O)[O-])Cc1ccc(Cl)nc1. The van der Waals surface area contributed by atoms with Crippen LogP contribution in [0, 0.1) is 20.2 Å². The molecule has 12 heteroatoms. The molecule has 0 saturated heterocycles. The van der Waals surface area contributed by atoms with Gasteiger partial charge >= 0.3 is 0 Å².